The van der Waals surface area contributed by atoms with Gasteiger partial charge in [0.2, 0.25) is 0 Å². The molecular weight excluding hydrogens is 356 g/mol. The highest BCUT2D eigenvalue weighted by Gasteiger charge is 2.17. The monoisotopic (exact) mass is 378 g/mol. The molecule has 2 aromatic heterocycles. The minimum Gasteiger partial charge on any atom is -0.364 e. The fourth-order valence-electron chi connectivity index (χ4n) is 2.83. The molecule has 0 fully saturated rings. The molecule has 28 heavy (non-hydrogen) atoms. The molecule has 144 valence electrons. The average molecular weight is 378 g/mol. The Bertz CT molecular complexity index is 980. The van der Waals surface area contributed by atoms with Crippen molar-refractivity contribution in [2.75, 3.05) is 6.54 Å². The van der Waals surface area contributed by atoms with Gasteiger partial charge in [-0.25, -0.2) is 9.97 Å². The predicted molar refractivity (Wildman–Crippen MR) is 104 cm³/mol. The van der Waals surface area contributed by atoms with Crippen molar-refractivity contribution in [2.24, 2.45) is 12.8 Å². The van der Waals surface area contributed by atoms with Crippen molar-refractivity contribution >= 4 is 11.8 Å². The van der Waals surface area contributed by atoms with Gasteiger partial charge in [0.25, 0.3) is 11.8 Å². The molecule has 0 saturated heterocycles. The molecule has 3 rings (SSSR count). The van der Waals surface area contributed by atoms with Crippen LogP contribution in [0.4, 0.5) is 0 Å². The number of imidazole rings is 1. The van der Waals surface area contributed by atoms with E-state index in [0.29, 0.717) is 24.3 Å². The second-order valence-electron chi connectivity index (χ2n) is 6.41. The van der Waals surface area contributed by atoms with E-state index in [1.807, 2.05) is 24.7 Å². The maximum Gasteiger partial charge on any atom is 0.268 e. The number of nitrogens with two attached hydrogens (primary N) is 1. The Hall–Kier alpha value is -3.55. The van der Waals surface area contributed by atoms with Crippen LogP contribution in [0, 0.1) is 0 Å². The van der Waals surface area contributed by atoms with E-state index >= 15 is 0 Å². The van der Waals surface area contributed by atoms with Crippen LogP contribution in [-0.2, 0) is 13.6 Å². The van der Waals surface area contributed by atoms with Crippen LogP contribution in [0.1, 0.15) is 40.0 Å². The second kappa shape index (κ2) is 8.43. The van der Waals surface area contributed by atoms with Gasteiger partial charge in [0.05, 0.1) is 24.6 Å². The number of primary amides is 1. The number of nitrogens with zero attached hydrogens (tertiary/aromatic N) is 5. The van der Waals surface area contributed by atoms with Crippen LogP contribution in [0.25, 0.3) is 11.3 Å². The topological polar surface area (TPSA) is 107 Å². The summed E-state index contributed by atoms with van der Waals surface area (Å²) >= 11 is 0. The van der Waals surface area contributed by atoms with Crippen molar-refractivity contribution in [3.8, 4) is 11.3 Å². The Balaban J connectivity index is 1.81. The molecule has 8 nitrogen and oxygen atoms in total. The van der Waals surface area contributed by atoms with Crippen LogP contribution < -0.4 is 5.73 Å². The molecular formula is C20H22N6O2. The first-order valence-electron chi connectivity index (χ1n) is 8.97. The number of rotatable bonds is 7. The fraction of sp³-hybridized carbons (Fsp3) is 0.250. The Morgan fingerprint density at radius 3 is 2.54 bits per heavy atom. The molecule has 0 spiro atoms. The van der Waals surface area contributed by atoms with Gasteiger partial charge in [0.15, 0.2) is 0 Å². The third-order valence-corrected chi connectivity index (χ3v) is 4.35. The summed E-state index contributed by atoms with van der Waals surface area (Å²) in [6.07, 6.45) is 7.31. The molecule has 0 aliphatic carbocycles. The molecule has 0 aliphatic heterocycles. The number of hydrogen-bond donors (Lipinski definition) is 1. The van der Waals surface area contributed by atoms with Crippen molar-refractivity contribution < 1.29 is 9.59 Å². The third kappa shape index (κ3) is 4.22. The summed E-state index contributed by atoms with van der Waals surface area (Å²) < 4.78 is 1.91. The maximum atomic E-state index is 13.0. The van der Waals surface area contributed by atoms with Gasteiger partial charge >= 0.3 is 0 Å². The Morgan fingerprint density at radius 1 is 1.18 bits per heavy atom. The van der Waals surface area contributed by atoms with Gasteiger partial charge in [-0.3, -0.25) is 14.6 Å². The van der Waals surface area contributed by atoms with Crippen LogP contribution >= 0.6 is 0 Å². The zero-order valence-electron chi connectivity index (χ0n) is 15.9. The van der Waals surface area contributed by atoms with E-state index in [-0.39, 0.29) is 11.6 Å². The summed E-state index contributed by atoms with van der Waals surface area (Å²) in [5.41, 5.74) is 7.20. The summed E-state index contributed by atoms with van der Waals surface area (Å²) in [6, 6.07) is 7.06. The molecule has 2 N–H and O–H groups in total. The van der Waals surface area contributed by atoms with E-state index in [1.165, 1.54) is 6.20 Å². The van der Waals surface area contributed by atoms with Crippen molar-refractivity contribution in [3.05, 3.63) is 66.1 Å². The van der Waals surface area contributed by atoms with Crippen molar-refractivity contribution in [1.82, 2.24) is 24.4 Å². The molecule has 0 atom stereocenters. The first-order chi connectivity index (χ1) is 13.5. The number of aromatic nitrogens is 4. The van der Waals surface area contributed by atoms with E-state index in [4.69, 9.17) is 5.73 Å². The normalized spacial score (nSPS) is 10.6. The SMILES string of the molecule is CCCN(Cc1nccn1C)C(=O)c1ccc(-c2cncc(C(N)=O)n2)cc1. The number of hydrogen-bond acceptors (Lipinski definition) is 5. The smallest absolute Gasteiger partial charge is 0.268 e. The highest BCUT2D eigenvalue weighted by Crippen LogP contribution is 2.18. The Morgan fingerprint density at radius 2 is 1.93 bits per heavy atom. The number of benzene rings is 1. The third-order valence-electron chi connectivity index (χ3n) is 4.35. The van der Waals surface area contributed by atoms with Gasteiger partial charge in [0, 0.05) is 37.1 Å². The van der Waals surface area contributed by atoms with Gasteiger partial charge in [-0.1, -0.05) is 19.1 Å². The van der Waals surface area contributed by atoms with Crippen molar-refractivity contribution in [1.29, 1.82) is 0 Å². The van der Waals surface area contributed by atoms with Gasteiger partial charge in [-0.15, -0.1) is 0 Å². The highest BCUT2D eigenvalue weighted by atomic mass is 16.2. The van der Waals surface area contributed by atoms with Crippen LogP contribution in [0.15, 0.2) is 49.1 Å². The molecule has 2 amide bonds. The second-order valence-corrected chi connectivity index (χ2v) is 6.41. The number of aryl methyl sites for hydroxylation is 1. The molecule has 1 aromatic carbocycles. The lowest BCUT2D eigenvalue weighted by atomic mass is 10.1. The van der Waals surface area contributed by atoms with Crippen LogP contribution in [0.2, 0.25) is 0 Å². The average Bonchev–Trinajstić information content (AvgIpc) is 3.12. The summed E-state index contributed by atoms with van der Waals surface area (Å²) in [5.74, 6) is 0.135. The van der Waals surface area contributed by atoms with Crippen LogP contribution in [0.5, 0.6) is 0 Å². The number of carbonyl (C=O) groups is 2. The minimum atomic E-state index is -0.634. The quantitative estimate of drug-likeness (QED) is 0.677. The van der Waals surface area contributed by atoms with Gasteiger partial charge in [-0.2, -0.15) is 0 Å². The first-order valence-corrected chi connectivity index (χ1v) is 8.97. The van der Waals surface area contributed by atoms with E-state index < -0.39 is 5.91 Å². The standard InChI is InChI=1S/C20H22N6O2/c1-3-9-26(13-18-23-8-10-25(18)2)20(28)15-6-4-14(5-7-15)16-11-22-12-17(24-16)19(21)27/h4-8,10-12H,3,9,13H2,1-2H3,(H2,21,27). The van der Waals surface area contributed by atoms with Crippen molar-refractivity contribution in [2.45, 2.75) is 19.9 Å². The number of amides is 2. The lowest BCUT2D eigenvalue weighted by Crippen LogP contribution is -2.32. The summed E-state index contributed by atoms with van der Waals surface area (Å²) in [5, 5.41) is 0. The molecule has 0 unspecified atom stereocenters. The largest absolute Gasteiger partial charge is 0.364 e. The van der Waals surface area contributed by atoms with Crippen LogP contribution in [0.3, 0.4) is 0 Å². The van der Waals surface area contributed by atoms with Gasteiger partial charge in [0.1, 0.15) is 11.5 Å². The van der Waals surface area contributed by atoms with E-state index in [1.54, 1.807) is 41.6 Å². The Labute approximate surface area is 163 Å². The van der Waals surface area contributed by atoms with Crippen molar-refractivity contribution in [3.63, 3.8) is 0 Å². The summed E-state index contributed by atoms with van der Waals surface area (Å²) in [6.45, 7) is 3.12. The molecule has 0 bridgehead atoms. The molecule has 2 heterocycles. The number of carbonyl (C=O) groups excluding carboxylic acids is 2. The van der Waals surface area contributed by atoms with E-state index in [2.05, 4.69) is 15.0 Å². The summed E-state index contributed by atoms with van der Waals surface area (Å²) in [7, 11) is 1.91. The Kier molecular flexibility index (Phi) is 5.78. The van der Waals surface area contributed by atoms with Gasteiger partial charge < -0.3 is 15.2 Å². The molecule has 3 aromatic rings. The zero-order chi connectivity index (χ0) is 20.1. The maximum absolute atomic E-state index is 13.0. The fourth-order valence-corrected chi connectivity index (χ4v) is 2.83. The summed E-state index contributed by atoms with van der Waals surface area (Å²) in [4.78, 5) is 38.5. The molecule has 0 radical (unpaired) electrons. The van der Waals surface area contributed by atoms with Crippen LogP contribution in [-0.4, -0.2) is 42.8 Å². The minimum absolute atomic E-state index is 0.0617. The molecule has 0 saturated carbocycles. The predicted octanol–water partition coefficient (Wildman–Crippen LogP) is 2.03. The first kappa shape index (κ1) is 19.2. The molecule has 0 aliphatic rings. The zero-order valence-corrected chi connectivity index (χ0v) is 15.9. The van der Waals surface area contributed by atoms with Gasteiger partial charge in [-0.05, 0) is 18.6 Å². The van der Waals surface area contributed by atoms with E-state index in [9.17, 15) is 9.59 Å². The highest BCUT2D eigenvalue weighted by molar-refractivity contribution is 5.94. The molecule has 8 heteroatoms. The van der Waals surface area contributed by atoms with E-state index in [0.717, 1.165) is 17.8 Å². The lowest BCUT2D eigenvalue weighted by molar-refractivity contribution is 0.0737. The lowest BCUT2D eigenvalue weighted by Gasteiger charge is -2.22.